The highest BCUT2D eigenvalue weighted by molar-refractivity contribution is 7.99. The first-order valence-electron chi connectivity index (χ1n) is 4.84. The monoisotopic (exact) mass is 238 g/mol. The molecule has 0 unspecified atom stereocenters. The molecule has 0 atom stereocenters. The number of rotatable bonds is 4. The molecule has 16 heavy (non-hydrogen) atoms. The molecule has 0 aliphatic carbocycles. The summed E-state index contributed by atoms with van der Waals surface area (Å²) < 4.78 is 0. The summed E-state index contributed by atoms with van der Waals surface area (Å²) in [6, 6.07) is 1.91. The number of thioether (sulfide) groups is 1. The zero-order chi connectivity index (χ0) is 12.1. The van der Waals surface area contributed by atoms with Crippen molar-refractivity contribution >= 4 is 17.7 Å². The van der Waals surface area contributed by atoms with Crippen LogP contribution < -0.4 is 0 Å². The van der Waals surface area contributed by atoms with Crippen LogP contribution in [0.4, 0.5) is 0 Å². The van der Waals surface area contributed by atoms with Crippen LogP contribution in [-0.2, 0) is 4.79 Å². The molecule has 4 nitrogen and oxygen atoms in total. The first-order valence-corrected chi connectivity index (χ1v) is 5.82. The van der Waals surface area contributed by atoms with Gasteiger partial charge in [0.05, 0.1) is 0 Å². The lowest BCUT2D eigenvalue weighted by atomic mass is 10.3. The number of hydrogen-bond acceptors (Lipinski definition) is 4. The highest BCUT2D eigenvalue weighted by Crippen LogP contribution is 2.14. The van der Waals surface area contributed by atoms with Gasteiger partial charge in [-0.15, -0.1) is 0 Å². The Hall–Kier alpha value is -1.36. The van der Waals surface area contributed by atoms with Crippen LogP contribution in [0, 0.1) is 13.8 Å². The van der Waals surface area contributed by atoms with Gasteiger partial charge in [0.1, 0.15) is 0 Å². The van der Waals surface area contributed by atoms with Crippen LogP contribution in [0.3, 0.4) is 0 Å². The van der Waals surface area contributed by atoms with Crippen molar-refractivity contribution < 1.29 is 9.90 Å². The first kappa shape index (κ1) is 12.7. The molecule has 0 spiro atoms. The third-order valence-corrected chi connectivity index (χ3v) is 2.68. The molecule has 0 radical (unpaired) electrons. The average molecular weight is 238 g/mol. The summed E-state index contributed by atoms with van der Waals surface area (Å²) in [4.78, 5) is 19.0. The molecule has 0 saturated carbocycles. The Bertz CT molecular complexity index is 410. The minimum Gasteiger partial charge on any atom is -0.478 e. The molecule has 0 fully saturated rings. The highest BCUT2D eigenvalue weighted by Gasteiger charge is 2.01. The maximum Gasteiger partial charge on any atom is 0.330 e. The van der Waals surface area contributed by atoms with E-state index in [-0.39, 0.29) is 0 Å². The number of aromatic nitrogens is 2. The van der Waals surface area contributed by atoms with E-state index >= 15 is 0 Å². The van der Waals surface area contributed by atoms with Gasteiger partial charge in [-0.25, -0.2) is 14.8 Å². The van der Waals surface area contributed by atoms with Crippen LogP contribution in [0.15, 0.2) is 22.9 Å². The average Bonchev–Trinajstić information content (AvgIpc) is 2.15. The lowest BCUT2D eigenvalue weighted by Crippen LogP contribution is -1.97. The first-order chi connectivity index (χ1) is 7.49. The Balaban J connectivity index is 2.62. The molecule has 1 aromatic rings. The summed E-state index contributed by atoms with van der Waals surface area (Å²) >= 11 is 1.43. The van der Waals surface area contributed by atoms with Gasteiger partial charge >= 0.3 is 5.97 Å². The Kier molecular flexibility index (Phi) is 4.49. The van der Waals surface area contributed by atoms with Gasteiger partial charge in [0, 0.05) is 22.7 Å². The molecule has 1 N–H and O–H groups in total. The molecule has 5 heteroatoms. The second-order valence-electron chi connectivity index (χ2n) is 3.44. The lowest BCUT2D eigenvalue weighted by molar-refractivity contribution is -0.132. The quantitative estimate of drug-likeness (QED) is 0.495. The molecule has 1 rings (SSSR count). The van der Waals surface area contributed by atoms with Crippen molar-refractivity contribution in [1.29, 1.82) is 0 Å². The number of hydrogen-bond donors (Lipinski definition) is 1. The standard InChI is InChI=1S/C11H14N2O2S/c1-7(10(14)15)4-5-16-11-12-8(2)6-9(3)13-11/h4,6H,5H2,1-3H3,(H,14,15). The second-order valence-corrected chi connectivity index (χ2v) is 4.42. The summed E-state index contributed by atoms with van der Waals surface area (Å²) in [7, 11) is 0. The van der Waals surface area contributed by atoms with E-state index in [0.717, 1.165) is 11.4 Å². The molecular weight excluding hydrogens is 224 g/mol. The number of aliphatic carboxylic acids is 1. The SMILES string of the molecule is CC(=CCSc1nc(C)cc(C)n1)C(=O)O. The molecule has 86 valence electrons. The van der Waals surface area contributed by atoms with Crippen molar-refractivity contribution in [3.8, 4) is 0 Å². The van der Waals surface area contributed by atoms with E-state index in [1.54, 1.807) is 13.0 Å². The van der Waals surface area contributed by atoms with E-state index in [0.29, 0.717) is 16.5 Å². The van der Waals surface area contributed by atoms with Gasteiger partial charge < -0.3 is 5.11 Å². The van der Waals surface area contributed by atoms with Crippen LogP contribution in [0.5, 0.6) is 0 Å². The van der Waals surface area contributed by atoms with Gasteiger partial charge in [0.25, 0.3) is 0 Å². The van der Waals surface area contributed by atoms with Crippen molar-refractivity contribution in [2.45, 2.75) is 25.9 Å². The lowest BCUT2D eigenvalue weighted by Gasteiger charge is -2.00. The van der Waals surface area contributed by atoms with Crippen LogP contribution >= 0.6 is 11.8 Å². The normalized spacial score (nSPS) is 11.6. The summed E-state index contributed by atoms with van der Waals surface area (Å²) in [5.74, 6) is -0.317. The van der Waals surface area contributed by atoms with Gasteiger partial charge in [0.15, 0.2) is 5.16 Å². The van der Waals surface area contributed by atoms with Crippen molar-refractivity contribution in [1.82, 2.24) is 9.97 Å². The van der Waals surface area contributed by atoms with Gasteiger partial charge in [-0.2, -0.15) is 0 Å². The predicted molar refractivity (Wildman–Crippen MR) is 63.6 cm³/mol. The van der Waals surface area contributed by atoms with Crippen LogP contribution in [0.2, 0.25) is 0 Å². The molecule has 0 aliphatic heterocycles. The van der Waals surface area contributed by atoms with E-state index in [1.807, 2.05) is 19.9 Å². The number of nitrogens with zero attached hydrogens (tertiary/aromatic N) is 2. The molecular formula is C11H14N2O2S. The Morgan fingerprint density at radius 1 is 1.44 bits per heavy atom. The fourth-order valence-corrected chi connectivity index (χ4v) is 1.99. The third-order valence-electron chi connectivity index (χ3n) is 1.90. The van der Waals surface area contributed by atoms with Gasteiger partial charge in [-0.1, -0.05) is 17.8 Å². The van der Waals surface area contributed by atoms with Gasteiger partial charge in [-0.05, 0) is 26.8 Å². The Morgan fingerprint density at radius 2 is 2.00 bits per heavy atom. The molecule has 1 aromatic heterocycles. The molecule has 0 saturated heterocycles. The largest absolute Gasteiger partial charge is 0.478 e. The number of aryl methyl sites for hydroxylation is 2. The molecule has 0 aromatic carbocycles. The number of carboxylic acids is 1. The molecule has 0 amide bonds. The molecule has 0 bridgehead atoms. The maximum absolute atomic E-state index is 10.5. The van der Waals surface area contributed by atoms with E-state index in [1.165, 1.54) is 11.8 Å². The van der Waals surface area contributed by atoms with Crippen LogP contribution in [0.25, 0.3) is 0 Å². The maximum atomic E-state index is 10.5. The fourth-order valence-electron chi connectivity index (χ4n) is 1.09. The number of carboxylic acid groups (broad SMARTS) is 1. The summed E-state index contributed by atoms with van der Waals surface area (Å²) in [5, 5.41) is 9.35. The Morgan fingerprint density at radius 3 is 2.50 bits per heavy atom. The van der Waals surface area contributed by atoms with Gasteiger partial charge in [0.2, 0.25) is 0 Å². The minimum absolute atomic E-state index is 0.344. The number of carbonyl (C=O) groups is 1. The second kappa shape index (κ2) is 5.65. The fraction of sp³-hybridized carbons (Fsp3) is 0.364. The van der Waals surface area contributed by atoms with Crippen molar-refractivity contribution in [2.24, 2.45) is 0 Å². The highest BCUT2D eigenvalue weighted by atomic mass is 32.2. The smallest absolute Gasteiger partial charge is 0.330 e. The third kappa shape index (κ3) is 4.02. The topological polar surface area (TPSA) is 63.1 Å². The van der Waals surface area contributed by atoms with Crippen LogP contribution in [-0.4, -0.2) is 26.8 Å². The van der Waals surface area contributed by atoms with Crippen molar-refractivity contribution in [2.75, 3.05) is 5.75 Å². The van der Waals surface area contributed by atoms with Crippen molar-refractivity contribution in [3.63, 3.8) is 0 Å². The van der Waals surface area contributed by atoms with Gasteiger partial charge in [-0.3, -0.25) is 0 Å². The van der Waals surface area contributed by atoms with E-state index < -0.39 is 5.97 Å². The summed E-state index contributed by atoms with van der Waals surface area (Å²) in [5.41, 5.74) is 2.19. The van der Waals surface area contributed by atoms with E-state index in [4.69, 9.17) is 5.11 Å². The summed E-state index contributed by atoms with van der Waals surface area (Å²) in [6.07, 6.45) is 1.66. The Labute approximate surface area is 98.8 Å². The zero-order valence-corrected chi connectivity index (χ0v) is 10.3. The predicted octanol–water partition coefficient (Wildman–Crippen LogP) is 2.22. The molecule has 0 aliphatic rings. The molecule has 1 heterocycles. The van der Waals surface area contributed by atoms with Crippen LogP contribution in [0.1, 0.15) is 18.3 Å². The summed E-state index contributed by atoms with van der Waals surface area (Å²) in [6.45, 7) is 5.40. The van der Waals surface area contributed by atoms with E-state index in [9.17, 15) is 4.79 Å². The minimum atomic E-state index is -0.887. The van der Waals surface area contributed by atoms with E-state index in [2.05, 4.69) is 9.97 Å². The zero-order valence-electron chi connectivity index (χ0n) is 9.52. The van der Waals surface area contributed by atoms with Crippen molar-refractivity contribution in [3.05, 3.63) is 29.1 Å².